The minimum atomic E-state index is 0.290. The van der Waals surface area contributed by atoms with E-state index in [9.17, 15) is 4.79 Å². The second-order valence-electron chi connectivity index (χ2n) is 5.29. The predicted molar refractivity (Wildman–Crippen MR) is 77.7 cm³/mol. The predicted octanol–water partition coefficient (Wildman–Crippen LogP) is 2.42. The first-order chi connectivity index (χ1) is 9.29. The molecule has 0 spiro atoms. The summed E-state index contributed by atoms with van der Waals surface area (Å²) in [5.41, 5.74) is 1.21. The highest BCUT2D eigenvalue weighted by Crippen LogP contribution is 2.16. The van der Waals surface area contributed by atoms with Crippen molar-refractivity contribution in [3.8, 4) is 0 Å². The molecule has 0 saturated carbocycles. The SMILES string of the molecule is CCN(Cc1ccccc1)C(=O)CCC1CCNC1. The molecule has 1 aromatic rings. The topological polar surface area (TPSA) is 32.3 Å². The van der Waals surface area contributed by atoms with E-state index < -0.39 is 0 Å². The Bertz CT molecular complexity index is 385. The number of nitrogens with one attached hydrogen (secondary N) is 1. The van der Waals surface area contributed by atoms with Crippen LogP contribution in [0.4, 0.5) is 0 Å². The van der Waals surface area contributed by atoms with Crippen LogP contribution >= 0.6 is 0 Å². The molecule has 3 heteroatoms. The van der Waals surface area contributed by atoms with Crippen LogP contribution in [0.3, 0.4) is 0 Å². The highest BCUT2D eigenvalue weighted by molar-refractivity contribution is 5.76. The van der Waals surface area contributed by atoms with E-state index in [0.29, 0.717) is 18.2 Å². The Morgan fingerprint density at radius 2 is 2.16 bits per heavy atom. The third kappa shape index (κ3) is 4.35. The van der Waals surface area contributed by atoms with Gasteiger partial charge in [-0.3, -0.25) is 4.79 Å². The number of carbonyl (C=O) groups excluding carboxylic acids is 1. The van der Waals surface area contributed by atoms with Gasteiger partial charge in [0.1, 0.15) is 0 Å². The van der Waals surface area contributed by atoms with Gasteiger partial charge in [-0.05, 0) is 44.3 Å². The summed E-state index contributed by atoms with van der Waals surface area (Å²) in [5.74, 6) is 0.984. The Morgan fingerprint density at radius 1 is 1.37 bits per heavy atom. The van der Waals surface area contributed by atoms with Crippen LogP contribution in [0.25, 0.3) is 0 Å². The average Bonchev–Trinajstić information content (AvgIpc) is 2.96. The standard InChI is InChI=1S/C16H24N2O/c1-2-18(13-15-6-4-3-5-7-15)16(19)9-8-14-10-11-17-12-14/h3-7,14,17H,2,8-13H2,1H3. The summed E-state index contributed by atoms with van der Waals surface area (Å²) < 4.78 is 0. The Hall–Kier alpha value is -1.35. The van der Waals surface area contributed by atoms with Crippen molar-refractivity contribution in [1.82, 2.24) is 10.2 Å². The first kappa shape index (κ1) is 14.1. The summed E-state index contributed by atoms with van der Waals surface area (Å²) in [5, 5.41) is 3.35. The average molecular weight is 260 g/mol. The molecule has 1 saturated heterocycles. The number of amides is 1. The molecule has 1 fully saturated rings. The fourth-order valence-electron chi connectivity index (χ4n) is 2.63. The van der Waals surface area contributed by atoms with Crippen LogP contribution in [0.2, 0.25) is 0 Å². The minimum absolute atomic E-state index is 0.290. The van der Waals surface area contributed by atoms with Crippen molar-refractivity contribution in [2.24, 2.45) is 5.92 Å². The molecule has 0 radical (unpaired) electrons. The Morgan fingerprint density at radius 3 is 2.79 bits per heavy atom. The van der Waals surface area contributed by atoms with Gasteiger partial charge in [0.15, 0.2) is 0 Å². The van der Waals surface area contributed by atoms with Gasteiger partial charge < -0.3 is 10.2 Å². The van der Waals surface area contributed by atoms with E-state index in [1.54, 1.807) is 0 Å². The molecular weight excluding hydrogens is 236 g/mol. The van der Waals surface area contributed by atoms with Gasteiger partial charge >= 0.3 is 0 Å². The van der Waals surface area contributed by atoms with Crippen molar-refractivity contribution in [2.75, 3.05) is 19.6 Å². The van der Waals surface area contributed by atoms with E-state index in [0.717, 1.165) is 32.6 Å². The summed E-state index contributed by atoms with van der Waals surface area (Å²) in [6.07, 6.45) is 2.93. The van der Waals surface area contributed by atoms with Crippen molar-refractivity contribution >= 4 is 5.91 Å². The monoisotopic (exact) mass is 260 g/mol. The van der Waals surface area contributed by atoms with Crippen molar-refractivity contribution in [1.29, 1.82) is 0 Å². The molecule has 2 rings (SSSR count). The Labute approximate surface area is 116 Å². The summed E-state index contributed by atoms with van der Waals surface area (Å²) in [7, 11) is 0. The molecule has 1 heterocycles. The summed E-state index contributed by atoms with van der Waals surface area (Å²) >= 11 is 0. The quantitative estimate of drug-likeness (QED) is 0.852. The fraction of sp³-hybridized carbons (Fsp3) is 0.562. The van der Waals surface area contributed by atoms with Gasteiger partial charge in [0, 0.05) is 19.5 Å². The second kappa shape index (κ2) is 7.29. The molecule has 1 atom stereocenters. The lowest BCUT2D eigenvalue weighted by atomic mass is 10.0. The third-order valence-electron chi connectivity index (χ3n) is 3.88. The Kier molecular flexibility index (Phi) is 5.40. The van der Waals surface area contributed by atoms with Gasteiger partial charge in [-0.1, -0.05) is 30.3 Å². The van der Waals surface area contributed by atoms with Crippen LogP contribution < -0.4 is 5.32 Å². The van der Waals surface area contributed by atoms with Crippen molar-refractivity contribution in [2.45, 2.75) is 32.7 Å². The highest BCUT2D eigenvalue weighted by atomic mass is 16.2. The van der Waals surface area contributed by atoms with Gasteiger partial charge in [-0.25, -0.2) is 0 Å². The molecule has 1 aromatic carbocycles. The van der Waals surface area contributed by atoms with Crippen molar-refractivity contribution < 1.29 is 4.79 Å². The van der Waals surface area contributed by atoms with Crippen LogP contribution in [0.1, 0.15) is 31.7 Å². The highest BCUT2D eigenvalue weighted by Gasteiger charge is 2.18. The van der Waals surface area contributed by atoms with Crippen LogP contribution in [-0.2, 0) is 11.3 Å². The molecule has 1 amide bonds. The van der Waals surface area contributed by atoms with Gasteiger partial charge in [0.2, 0.25) is 5.91 Å². The van der Waals surface area contributed by atoms with E-state index in [4.69, 9.17) is 0 Å². The molecule has 0 bridgehead atoms. The van der Waals surface area contributed by atoms with Gasteiger partial charge in [0.05, 0.1) is 0 Å². The lowest BCUT2D eigenvalue weighted by Crippen LogP contribution is -2.30. The van der Waals surface area contributed by atoms with Gasteiger partial charge in [-0.2, -0.15) is 0 Å². The smallest absolute Gasteiger partial charge is 0.222 e. The number of benzene rings is 1. The van der Waals surface area contributed by atoms with E-state index in [1.165, 1.54) is 12.0 Å². The zero-order chi connectivity index (χ0) is 13.5. The largest absolute Gasteiger partial charge is 0.339 e. The maximum atomic E-state index is 12.2. The molecule has 1 N–H and O–H groups in total. The molecule has 1 aliphatic rings. The summed E-state index contributed by atoms with van der Waals surface area (Å²) in [6, 6.07) is 10.2. The molecule has 0 aliphatic carbocycles. The number of nitrogens with zero attached hydrogens (tertiary/aromatic N) is 1. The first-order valence-electron chi connectivity index (χ1n) is 7.32. The maximum Gasteiger partial charge on any atom is 0.222 e. The number of hydrogen-bond donors (Lipinski definition) is 1. The van der Waals surface area contributed by atoms with E-state index in [-0.39, 0.29) is 0 Å². The van der Waals surface area contributed by atoms with E-state index in [1.807, 2.05) is 23.1 Å². The molecule has 104 valence electrons. The fourth-order valence-corrected chi connectivity index (χ4v) is 2.63. The lowest BCUT2D eigenvalue weighted by Gasteiger charge is -2.21. The Balaban J connectivity index is 1.81. The normalized spacial score (nSPS) is 18.5. The zero-order valence-electron chi connectivity index (χ0n) is 11.8. The first-order valence-corrected chi connectivity index (χ1v) is 7.32. The number of carbonyl (C=O) groups is 1. The number of rotatable bonds is 6. The lowest BCUT2D eigenvalue weighted by molar-refractivity contribution is -0.131. The second-order valence-corrected chi connectivity index (χ2v) is 5.29. The summed E-state index contributed by atoms with van der Waals surface area (Å²) in [6.45, 7) is 5.77. The van der Waals surface area contributed by atoms with E-state index in [2.05, 4.69) is 24.4 Å². The van der Waals surface area contributed by atoms with E-state index >= 15 is 0 Å². The minimum Gasteiger partial charge on any atom is -0.339 e. The zero-order valence-corrected chi connectivity index (χ0v) is 11.8. The summed E-state index contributed by atoms with van der Waals surface area (Å²) in [4.78, 5) is 14.2. The molecular formula is C16H24N2O. The van der Waals surface area contributed by atoms with Crippen LogP contribution in [0, 0.1) is 5.92 Å². The maximum absolute atomic E-state index is 12.2. The molecule has 3 nitrogen and oxygen atoms in total. The van der Waals surface area contributed by atoms with Gasteiger partial charge in [-0.15, -0.1) is 0 Å². The molecule has 19 heavy (non-hydrogen) atoms. The van der Waals surface area contributed by atoms with Crippen molar-refractivity contribution in [3.05, 3.63) is 35.9 Å². The van der Waals surface area contributed by atoms with Gasteiger partial charge in [0.25, 0.3) is 0 Å². The van der Waals surface area contributed by atoms with Crippen LogP contribution in [-0.4, -0.2) is 30.4 Å². The van der Waals surface area contributed by atoms with Crippen LogP contribution in [0.15, 0.2) is 30.3 Å². The van der Waals surface area contributed by atoms with Crippen molar-refractivity contribution in [3.63, 3.8) is 0 Å². The van der Waals surface area contributed by atoms with Crippen LogP contribution in [0.5, 0.6) is 0 Å². The molecule has 1 unspecified atom stereocenters. The molecule has 0 aromatic heterocycles. The molecule has 1 aliphatic heterocycles. The number of hydrogen-bond acceptors (Lipinski definition) is 2. The third-order valence-corrected chi connectivity index (χ3v) is 3.88.